The van der Waals surface area contributed by atoms with Crippen LogP contribution in [0.4, 0.5) is 11.6 Å². The van der Waals surface area contributed by atoms with E-state index in [1.807, 2.05) is 24.3 Å². The van der Waals surface area contributed by atoms with Crippen LogP contribution in [0.15, 0.2) is 41.1 Å². The maximum atomic E-state index is 12.2. The first-order valence-electron chi connectivity index (χ1n) is 7.37. The Hall–Kier alpha value is -1.95. The number of nitrogens with one attached hydrogen (secondary N) is 1. The summed E-state index contributed by atoms with van der Waals surface area (Å²) in [6.45, 7) is 1.98. The molecule has 1 amide bonds. The van der Waals surface area contributed by atoms with E-state index in [1.165, 1.54) is 19.3 Å². The minimum Gasteiger partial charge on any atom is -0.341 e. The minimum absolute atomic E-state index is 0.211. The quantitative estimate of drug-likeness (QED) is 0.910. The van der Waals surface area contributed by atoms with Gasteiger partial charge in [-0.1, -0.05) is 12.1 Å². The van der Waals surface area contributed by atoms with Gasteiger partial charge in [-0.05, 0) is 47.3 Å². The van der Waals surface area contributed by atoms with Crippen LogP contribution in [0, 0.1) is 0 Å². The molecule has 0 atom stereocenters. The molecule has 1 fully saturated rings. The van der Waals surface area contributed by atoms with Gasteiger partial charge in [0.15, 0.2) is 0 Å². The van der Waals surface area contributed by atoms with Crippen molar-refractivity contribution in [2.75, 3.05) is 23.3 Å². The molecule has 1 aliphatic heterocycles. The molecule has 0 unspecified atom stereocenters. The third-order valence-corrected chi connectivity index (χ3v) is 4.35. The summed E-state index contributed by atoms with van der Waals surface area (Å²) in [5.74, 6) is 0.495. The highest BCUT2D eigenvalue weighted by Crippen LogP contribution is 2.22. The van der Waals surface area contributed by atoms with Gasteiger partial charge in [0, 0.05) is 30.0 Å². The molecule has 1 saturated heterocycles. The molecule has 0 spiro atoms. The normalized spacial score (nSPS) is 14.7. The number of rotatable bonds is 3. The van der Waals surface area contributed by atoms with Crippen molar-refractivity contribution in [1.29, 1.82) is 0 Å². The summed E-state index contributed by atoms with van der Waals surface area (Å²) < 4.78 is 0.842. The highest BCUT2D eigenvalue weighted by molar-refractivity contribution is 9.10. The van der Waals surface area contributed by atoms with E-state index in [2.05, 4.69) is 36.1 Å². The van der Waals surface area contributed by atoms with Crippen molar-refractivity contribution in [3.63, 3.8) is 0 Å². The van der Waals surface area contributed by atoms with Gasteiger partial charge in [-0.3, -0.25) is 4.79 Å². The van der Waals surface area contributed by atoms with Crippen LogP contribution in [0.5, 0.6) is 0 Å². The van der Waals surface area contributed by atoms with Gasteiger partial charge in [0.1, 0.15) is 0 Å². The summed E-state index contributed by atoms with van der Waals surface area (Å²) >= 11 is 3.41. The standard InChI is InChI=1S/C16H17BrN4O/c17-13-6-2-3-7-14(13)20-15(22)12-10-18-16(19-11-12)21-8-4-1-5-9-21/h2-3,6-7,10-11H,1,4-5,8-9H2,(H,20,22). The number of hydrogen-bond donors (Lipinski definition) is 1. The summed E-state index contributed by atoms with van der Waals surface area (Å²) in [6, 6.07) is 7.49. The molecule has 2 heterocycles. The van der Waals surface area contributed by atoms with Crippen LogP contribution in [0.2, 0.25) is 0 Å². The Labute approximate surface area is 137 Å². The van der Waals surface area contributed by atoms with E-state index in [4.69, 9.17) is 0 Å². The summed E-state index contributed by atoms with van der Waals surface area (Å²) in [6.07, 6.45) is 6.79. The second-order valence-electron chi connectivity index (χ2n) is 5.25. The number of hydrogen-bond acceptors (Lipinski definition) is 4. The Balaban J connectivity index is 1.69. The molecule has 0 aliphatic carbocycles. The van der Waals surface area contributed by atoms with Crippen molar-refractivity contribution < 1.29 is 4.79 Å². The Morgan fingerprint density at radius 1 is 1.09 bits per heavy atom. The van der Waals surface area contributed by atoms with Gasteiger partial charge in [0.25, 0.3) is 5.91 Å². The van der Waals surface area contributed by atoms with E-state index in [-0.39, 0.29) is 5.91 Å². The van der Waals surface area contributed by atoms with Crippen molar-refractivity contribution >= 4 is 33.5 Å². The van der Waals surface area contributed by atoms with Crippen molar-refractivity contribution in [3.8, 4) is 0 Å². The van der Waals surface area contributed by atoms with Crippen LogP contribution in [0.3, 0.4) is 0 Å². The lowest BCUT2D eigenvalue weighted by molar-refractivity contribution is 0.102. The molecule has 22 heavy (non-hydrogen) atoms. The molecule has 2 aromatic rings. The number of aromatic nitrogens is 2. The molecule has 1 aliphatic rings. The first kappa shape index (κ1) is 15.0. The van der Waals surface area contributed by atoms with Crippen LogP contribution < -0.4 is 10.2 Å². The fraction of sp³-hybridized carbons (Fsp3) is 0.312. The van der Waals surface area contributed by atoms with E-state index >= 15 is 0 Å². The number of carbonyl (C=O) groups excluding carboxylic acids is 1. The van der Waals surface area contributed by atoms with Gasteiger partial charge in [-0.2, -0.15) is 0 Å². The van der Waals surface area contributed by atoms with Crippen molar-refractivity contribution in [2.45, 2.75) is 19.3 Å². The molecule has 1 N–H and O–H groups in total. The third kappa shape index (κ3) is 3.44. The van der Waals surface area contributed by atoms with Crippen LogP contribution >= 0.6 is 15.9 Å². The first-order chi connectivity index (χ1) is 10.7. The lowest BCUT2D eigenvalue weighted by Gasteiger charge is -2.26. The monoisotopic (exact) mass is 360 g/mol. The summed E-state index contributed by atoms with van der Waals surface area (Å²) in [4.78, 5) is 23.1. The highest BCUT2D eigenvalue weighted by atomic mass is 79.9. The van der Waals surface area contributed by atoms with Gasteiger partial charge in [-0.25, -0.2) is 9.97 Å². The fourth-order valence-corrected chi connectivity index (χ4v) is 2.84. The molecular weight excluding hydrogens is 344 g/mol. The number of piperidine rings is 1. The molecule has 6 heteroatoms. The van der Waals surface area contributed by atoms with Crippen molar-refractivity contribution in [3.05, 3.63) is 46.7 Å². The predicted molar refractivity (Wildman–Crippen MR) is 90.2 cm³/mol. The Morgan fingerprint density at radius 2 is 1.77 bits per heavy atom. The minimum atomic E-state index is -0.211. The maximum Gasteiger partial charge on any atom is 0.258 e. The van der Waals surface area contributed by atoms with Gasteiger partial charge < -0.3 is 10.2 Å². The number of anilines is 2. The van der Waals surface area contributed by atoms with Crippen molar-refractivity contribution in [2.24, 2.45) is 0 Å². The zero-order valence-corrected chi connectivity index (χ0v) is 13.7. The highest BCUT2D eigenvalue weighted by Gasteiger charge is 2.14. The molecule has 1 aromatic carbocycles. The average Bonchev–Trinajstić information content (AvgIpc) is 2.58. The Kier molecular flexibility index (Phi) is 4.68. The number of para-hydroxylation sites is 1. The van der Waals surface area contributed by atoms with E-state index in [0.29, 0.717) is 11.5 Å². The van der Waals surface area contributed by atoms with Gasteiger partial charge in [0.05, 0.1) is 11.3 Å². The smallest absolute Gasteiger partial charge is 0.258 e. The zero-order valence-electron chi connectivity index (χ0n) is 12.1. The van der Waals surface area contributed by atoms with Gasteiger partial charge in [0.2, 0.25) is 5.95 Å². The van der Waals surface area contributed by atoms with Crippen LogP contribution in [0.25, 0.3) is 0 Å². The van der Waals surface area contributed by atoms with Crippen molar-refractivity contribution in [1.82, 2.24) is 9.97 Å². The fourth-order valence-electron chi connectivity index (χ4n) is 2.45. The number of halogens is 1. The molecule has 114 valence electrons. The first-order valence-corrected chi connectivity index (χ1v) is 8.16. The van der Waals surface area contributed by atoms with E-state index < -0.39 is 0 Å². The SMILES string of the molecule is O=C(Nc1ccccc1Br)c1cnc(N2CCCCC2)nc1. The largest absolute Gasteiger partial charge is 0.341 e. The Morgan fingerprint density at radius 3 is 2.45 bits per heavy atom. The molecular formula is C16H17BrN4O. The molecule has 1 aromatic heterocycles. The second kappa shape index (κ2) is 6.87. The summed E-state index contributed by atoms with van der Waals surface area (Å²) in [5.41, 5.74) is 1.18. The molecule has 0 saturated carbocycles. The Bertz CT molecular complexity index is 653. The maximum absolute atomic E-state index is 12.2. The van der Waals surface area contributed by atoms with E-state index in [9.17, 15) is 4.79 Å². The predicted octanol–water partition coefficient (Wildman–Crippen LogP) is 3.48. The number of benzene rings is 1. The van der Waals surface area contributed by atoms with E-state index in [0.717, 1.165) is 23.2 Å². The third-order valence-electron chi connectivity index (χ3n) is 3.66. The van der Waals surface area contributed by atoms with Crippen LogP contribution in [-0.2, 0) is 0 Å². The molecule has 0 bridgehead atoms. The average molecular weight is 361 g/mol. The zero-order chi connectivity index (χ0) is 15.4. The van der Waals surface area contributed by atoms with Gasteiger partial charge >= 0.3 is 0 Å². The van der Waals surface area contributed by atoms with Gasteiger partial charge in [-0.15, -0.1) is 0 Å². The molecule has 5 nitrogen and oxygen atoms in total. The topological polar surface area (TPSA) is 58.1 Å². The van der Waals surface area contributed by atoms with Crippen LogP contribution in [0.1, 0.15) is 29.6 Å². The van der Waals surface area contributed by atoms with Crippen LogP contribution in [-0.4, -0.2) is 29.0 Å². The number of carbonyl (C=O) groups is 1. The summed E-state index contributed by atoms with van der Waals surface area (Å²) in [5, 5.41) is 2.85. The lowest BCUT2D eigenvalue weighted by atomic mass is 10.1. The summed E-state index contributed by atoms with van der Waals surface area (Å²) in [7, 11) is 0. The lowest BCUT2D eigenvalue weighted by Crippen LogP contribution is -2.31. The van der Waals surface area contributed by atoms with E-state index in [1.54, 1.807) is 12.4 Å². The molecule has 3 rings (SSSR count). The number of amides is 1. The second-order valence-corrected chi connectivity index (χ2v) is 6.11. The number of nitrogens with zero attached hydrogens (tertiary/aromatic N) is 3. The molecule has 0 radical (unpaired) electrons.